The Morgan fingerprint density at radius 2 is 1.92 bits per heavy atom. The standard InChI is InChI=1S/C16H14F3N5OS/c1-10-3-5-12(6-4-10)24-7-13(21-22-24)14(25)23(9-16(17,18)19)15-20-11(2)8-26-15/h3-8H,9H2,1-2H3. The number of carbonyl (C=O) groups is 1. The third kappa shape index (κ3) is 4.07. The van der Waals surface area contributed by atoms with Gasteiger partial charge in [-0.1, -0.05) is 22.9 Å². The van der Waals surface area contributed by atoms with Crippen LogP contribution in [-0.2, 0) is 0 Å². The molecule has 1 amide bonds. The summed E-state index contributed by atoms with van der Waals surface area (Å²) in [6.07, 6.45) is -3.26. The van der Waals surface area contributed by atoms with Crippen LogP contribution in [0.1, 0.15) is 21.7 Å². The Labute approximate surface area is 150 Å². The number of benzene rings is 1. The topological polar surface area (TPSA) is 63.9 Å². The van der Waals surface area contributed by atoms with Crippen LogP contribution in [-0.4, -0.2) is 38.6 Å². The molecule has 0 radical (unpaired) electrons. The van der Waals surface area contributed by atoms with Crippen LogP contribution >= 0.6 is 11.3 Å². The molecule has 6 nitrogen and oxygen atoms in total. The van der Waals surface area contributed by atoms with E-state index < -0.39 is 18.6 Å². The highest BCUT2D eigenvalue weighted by Crippen LogP contribution is 2.26. The molecule has 0 N–H and O–H groups in total. The van der Waals surface area contributed by atoms with Gasteiger partial charge < -0.3 is 0 Å². The van der Waals surface area contributed by atoms with Crippen molar-refractivity contribution in [1.29, 1.82) is 0 Å². The van der Waals surface area contributed by atoms with Gasteiger partial charge in [-0.15, -0.1) is 16.4 Å². The van der Waals surface area contributed by atoms with Crippen LogP contribution in [0, 0.1) is 13.8 Å². The molecule has 0 spiro atoms. The number of nitrogens with zero attached hydrogens (tertiary/aromatic N) is 5. The molecule has 10 heteroatoms. The second-order valence-corrected chi connectivity index (χ2v) is 6.50. The quantitative estimate of drug-likeness (QED) is 0.693. The predicted molar refractivity (Wildman–Crippen MR) is 90.7 cm³/mol. The maximum Gasteiger partial charge on any atom is 0.406 e. The van der Waals surface area contributed by atoms with Crippen molar-refractivity contribution >= 4 is 22.4 Å². The molecule has 0 bridgehead atoms. The predicted octanol–water partition coefficient (Wildman–Crippen LogP) is 3.55. The number of carbonyl (C=O) groups excluding carboxylic acids is 1. The summed E-state index contributed by atoms with van der Waals surface area (Å²) in [6.45, 7) is 2.12. The molecule has 3 rings (SSSR count). The summed E-state index contributed by atoms with van der Waals surface area (Å²) in [7, 11) is 0. The molecule has 0 saturated heterocycles. The first-order valence-electron chi connectivity index (χ1n) is 7.53. The number of halogens is 3. The van der Waals surface area contributed by atoms with Gasteiger partial charge in [0, 0.05) is 5.38 Å². The number of thiazole rings is 1. The Morgan fingerprint density at radius 1 is 1.23 bits per heavy atom. The number of rotatable bonds is 4. The molecule has 0 aliphatic heterocycles. The molecule has 136 valence electrons. The summed E-state index contributed by atoms with van der Waals surface area (Å²) in [5.41, 5.74) is 2.03. The molecule has 0 fully saturated rings. The summed E-state index contributed by atoms with van der Waals surface area (Å²) in [5, 5.41) is 9.11. The van der Waals surface area contributed by atoms with Gasteiger partial charge in [-0.05, 0) is 26.0 Å². The van der Waals surface area contributed by atoms with Crippen LogP contribution in [0.15, 0.2) is 35.8 Å². The van der Waals surface area contributed by atoms with Gasteiger partial charge in [-0.2, -0.15) is 13.2 Å². The summed E-state index contributed by atoms with van der Waals surface area (Å²) in [4.78, 5) is 17.2. The van der Waals surface area contributed by atoms with Gasteiger partial charge in [0.05, 0.1) is 17.6 Å². The highest BCUT2D eigenvalue weighted by molar-refractivity contribution is 7.14. The zero-order valence-corrected chi connectivity index (χ0v) is 14.7. The lowest BCUT2D eigenvalue weighted by Crippen LogP contribution is -2.39. The van der Waals surface area contributed by atoms with Crippen molar-refractivity contribution in [3.8, 4) is 5.69 Å². The highest BCUT2D eigenvalue weighted by Gasteiger charge is 2.36. The fraction of sp³-hybridized carbons (Fsp3) is 0.250. The number of aryl methyl sites for hydroxylation is 2. The van der Waals surface area contributed by atoms with Crippen molar-refractivity contribution in [3.05, 3.63) is 52.8 Å². The van der Waals surface area contributed by atoms with E-state index in [0.29, 0.717) is 16.3 Å². The zero-order chi connectivity index (χ0) is 18.9. The Bertz CT molecular complexity index is 917. The second-order valence-electron chi connectivity index (χ2n) is 5.66. The minimum absolute atomic E-state index is 0.0327. The Morgan fingerprint density at radius 3 is 2.50 bits per heavy atom. The monoisotopic (exact) mass is 381 g/mol. The van der Waals surface area contributed by atoms with E-state index in [0.717, 1.165) is 16.9 Å². The van der Waals surface area contributed by atoms with E-state index in [4.69, 9.17) is 0 Å². The van der Waals surface area contributed by atoms with E-state index >= 15 is 0 Å². The SMILES string of the molecule is Cc1ccc(-n2cc(C(=O)N(CC(F)(F)F)c3nc(C)cs3)nn2)cc1. The van der Waals surface area contributed by atoms with Gasteiger partial charge in [0.25, 0.3) is 5.91 Å². The maximum absolute atomic E-state index is 12.9. The number of aromatic nitrogens is 4. The molecule has 1 aromatic carbocycles. The largest absolute Gasteiger partial charge is 0.406 e. The summed E-state index contributed by atoms with van der Waals surface area (Å²) in [5.74, 6) is -0.907. The fourth-order valence-electron chi connectivity index (χ4n) is 2.19. The molecular weight excluding hydrogens is 367 g/mol. The average Bonchev–Trinajstić information content (AvgIpc) is 3.21. The van der Waals surface area contributed by atoms with E-state index in [1.165, 1.54) is 10.9 Å². The Balaban J connectivity index is 1.90. The fourth-order valence-corrected chi connectivity index (χ4v) is 2.99. The first-order valence-corrected chi connectivity index (χ1v) is 8.41. The minimum Gasteiger partial charge on any atom is -0.273 e. The Kier molecular flexibility index (Phi) is 4.77. The average molecular weight is 381 g/mol. The molecule has 3 aromatic rings. The Hall–Kier alpha value is -2.75. The maximum atomic E-state index is 12.9. The lowest BCUT2D eigenvalue weighted by Gasteiger charge is -2.20. The number of anilines is 1. The first-order chi connectivity index (χ1) is 12.2. The van der Waals surface area contributed by atoms with Crippen LogP contribution in [0.2, 0.25) is 0 Å². The van der Waals surface area contributed by atoms with E-state index in [2.05, 4.69) is 15.3 Å². The van der Waals surface area contributed by atoms with Gasteiger partial charge in [0.1, 0.15) is 6.54 Å². The smallest absolute Gasteiger partial charge is 0.273 e. The lowest BCUT2D eigenvalue weighted by molar-refractivity contribution is -0.118. The van der Waals surface area contributed by atoms with Crippen molar-refractivity contribution in [2.45, 2.75) is 20.0 Å². The zero-order valence-electron chi connectivity index (χ0n) is 13.9. The van der Waals surface area contributed by atoms with Crippen LogP contribution in [0.25, 0.3) is 5.69 Å². The van der Waals surface area contributed by atoms with Crippen LogP contribution in [0.5, 0.6) is 0 Å². The first kappa shape index (κ1) is 18.1. The number of hydrogen-bond acceptors (Lipinski definition) is 5. The van der Waals surface area contributed by atoms with Crippen molar-refractivity contribution in [3.63, 3.8) is 0 Å². The number of alkyl halides is 3. The molecule has 2 heterocycles. The van der Waals surface area contributed by atoms with Crippen LogP contribution < -0.4 is 4.90 Å². The third-order valence-corrected chi connectivity index (χ3v) is 4.41. The van der Waals surface area contributed by atoms with Crippen LogP contribution in [0.4, 0.5) is 18.3 Å². The van der Waals surface area contributed by atoms with Crippen molar-refractivity contribution in [2.75, 3.05) is 11.4 Å². The second kappa shape index (κ2) is 6.87. The third-order valence-electron chi connectivity index (χ3n) is 3.43. The van der Waals surface area contributed by atoms with Crippen molar-refractivity contribution < 1.29 is 18.0 Å². The summed E-state index contributed by atoms with van der Waals surface area (Å²) < 4.78 is 40.1. The number of amides is 1. The number of hydrogen-bond donors (Lipinski definition) is 0. The molecule has 0 aliphatic rings. The van der Waals surface area contributed by atoms with Crippen molar-refractivity contribution in [1.82, 2.24) is 20.0 Å². The van der Waals surface area contributed by atoms with Gasteiger partial charge in [-0.3, -0.25) is 9.69 Å². The molecular formula is C16H14F3N5OS. The molecule has 0 saturated carbocycles. The van der Waals surface area contributed by atoms with Gasteiger partial charge in [-0.25, -0.2) is 9.67 Å². The highest BCUT2D eigenvalue weighted by atomic mass is 32.1. The lowest BCUT2D eigenvalue weighted by atomic mass is 10.2. The van der Waals surface area contributed by atoms with Gasteiger partial charge in [0.2, 0.25) is 0 Å². The van der Waals surface area contributed by atoms with Crippen LogP contribution in [0.3, 0.4) is 0 Å². The summed E-state index contributed by atoms with van der Waals surface area (Å²) >= 11 is 0.965. The molecule has 26 heavy (non-hydrogen) atoms. The normalized spacial score (nSPS) is 11.6. The minimum atomic E-state index is -4.57. The molecule has 0 atom stereocenters. The van der Waals surface area contributed by atoms with E-state index in [9.17, 15) is 18.0 Å². The van der Waals surface area contributed by atoms with E-state index in [-0.39, 0.29) is 10.8 Å². The molecule has 2 aromatic heterocycles. The molecule has 0 unspecified atom stereocenters. The summed E-state index contributed by atoms with van der Waals surface area (Å²) in [6, 6.07) is 7.26. The molecule has 0 aliphatic carbocycles. The van der Waals surface area contributed by atoms with Gasteiger partial charge >= 0.3 is 6.18 Å². The van der Waals surface area contributed by atoms with Gasteiger partial charge in [0.15, 0.2) is 10.8 Å². The van der Waals surface area contributed by atoms with E-state index in [1.807, 2.05) is 19.1 Å². The van der Waals surface area contributed by atoms with E-state index in [1.54, 1.807) is 24.4 Å². The van der Waals surface area contributed by atoms with Crippen molar-refractivity contribution in [2.24, 2.45) is 0 Å².